The van der Waals surface area contributed by atoms with E-state index in [-0.39, 0.29) is 44.7 Å². The fourth-order valence-electron chi connectivity index (χ4n) is 1.24. The third kappa shape index (κ3) is 3.43. The van der Waals surface area contributed by atoms with Gasteiger partial charge in [0.25, 0.3) is 5.69 Å². The Kier molecular flexibility index (Phi) is 6.33. The van der Waals surface area contributed by atoms with Crippen LogP contribution in [0.1, 0.15) is 17.3 Å². The van der Waals surface area contributed by atoms with E-state index < -0.39 is 16.6 Å². The number of ether oxygens (including phenoxy) is 2. The third-order valence-electron chi connectivity index (χ3n) is 1.99. The third-order valence-corrected chi connectivity index (χ3v) is 1.99. The molecule has 1 aromatic carbocycles. The van der Waals surface area contributed by atoms with Crippen LogP contribution in [0.25, 0.3) is 0 Å². The van der Waals surface area contributed by atoms with Crippen LogP contribution < -0.4 is 4.74 Å². The van der Waals surface area contributed by atoms with E-state index in [0.29, 0.717) is 0 Å². The number of carbonyl (C=O) groups excluding carboxylic acids is 1. The topological polar surface area (TPSA) is 98.9 Å². The zero-order chi connectivity index (χ0) is 13.0. The van der Waals surface area contributed by atoms with Gasteiger partial charge in [0.15, 0.2) is 11.5 Å². The zero-order valence-corrected chi connectivity index (χ0v) is 12.6. The molecule has 0 fully saturated rings. The molecule has 0 bridgehead atoms. The van der Waals surface area contributed by atoms with Gasteiger partial charge in [-0.25, -0.2) is 4.79 Å². The summed E-state index contributed by atoms with van der Waals surface area (Å²) in [6, 6.07) is 1.93. The standard InChI is InChI=1S/C10H11NO6.W/c1-3-17-10(13)6-4-8(12)9(16-2)5-7(6)11(14)15;/h4-5,12H,3H2,1-2H3;. The normalized spacial score (nSPS) is 9.22. The first kappa shape index (κ1) is 16.4. The van der Waals surface area contributed by atoms with Crippen molar-refractivity contribution >= 4 is 11.7 Å². The molecule has 0 aliphatic rings. The van der Waals surface area contributed by atoms with Gasteiger partial charge in [0, 0.05) is 27.1 Å². The number of nitrogens with zero attached hydrogens (tertiary/aromatic N) is 1. The van der Waals surface area contributed by atoms with E-state index in [2.05, 4.69) is 4.74 Å². The molecule has 7 nitrogen and oxygen atoms in total. The summed E-state index contributed by atoms with van der Waals surface area (Å²) in [7, 11) is 1.25. The number of methoxy groups -OCH3 is 1. The maximum atomic E-state index is 11.4. The summed E-state index contributed by atoms with van der Waals surface area (Å²) in [4.78, 5) is 21.5. The molecule has 0 spiro atoms. The first-order chi connectivity index (χ1) is 8.01. The monoisotopic (exact) mass is 425 g/mol. The van der Waals surface area contributed by atoms with Gasteiger partial charge in [0.1, 0.15) is 5.56 Å². The average molecular weight is 425 g/mol. The smallest absolute Gasteiger partial charge is 0.345 e. The molecule has 8 heteroatoms. The zero-order valence-electron chi connectivity index (χ0n) is 9.71. The fourth-order valence-corrected chi connectivity index (χ4v) is 1.24. The Morgan fingerprint density at radius 2 is 2.11 bits per heavy atom. The summed E-state index contributed by atoms with van der Waals surface area (Å²) < 4.78 is 9.38. The Labute approximate surface area is 117 Å². The minimum absolute atomic E-state index is 0. The van der Waals surface area contributed by atoms with Gasteiger partial charge in [0.2, 0.25) is 0 Å². The summed E-state index contributed by atoms with van der Waals surface area (Å²) in [5.41, 5.74) is -0.784. The number of phenolic OH excluding ortho intramolecular Hbond substituents is 1. The van der Waals surface area contributed by atoms with Crippen LogP contribution >= 0.6 is 0 Å². The van der Waals surface area contributed by atoms with E-state index in [9.17, 15) is 20.0 Å². The van der Waals surface area contributed by atoms with Crippen LogP contribution in [0, 0.1) is 10.1 Å². The van der Waals surface area contributed by atoms with Gasteiger partial charge in [-0.2, -0.15) is 0 Å². The van der Waals surface area contributed by atoms with E-state index in [1.54, 1.807) is 6.92 Å². The number of nitro groups is 1. The number of hydrogen-bond acceptors (Lipinski definition) is 6. The van der Waals surface area contributed by atoms with E-state index >= 15 is 0 Å². The van der Waals surface area contributed by atoms with Crippen LogP contribution in [0.3, 0.4) is 0 Å². The predicted molar refractivity (Wildman–Crippen MR) is 57.3 cm³/mol. The molecule has 0 radical (unpaired) electrons. The number of aromatic hydroxyl groups is 1. The van der Waals surface area contributed by atoms with Gasteiger partial charge in [-0.1, -0.05) is 0 Å². The van der Waals surface area contributed by atoms with Crippen LogP contribution in [0.4, 0.5) is 5.69 Å². The summed E-state index contributed by atoms with van der Waals surface area (Å²) >= 11 is 0. The molecule has 0 atom stereocenters. The Morgan fingerprint density at radius 1 is 1.50 bits per heavy atom. The summed E-state index contributed by atoms with van der Waals surface area (Å²) in [5.74, 6) is -1.30. The Balaban J connectivity index is 0.00000289. The molecule has 1 rings (SSSR count). The summed E-state index contributed by atoms with van der Waals surface area (Å²) in [6.45, 7) is 1.66. The Hall–Kier alpha value is -1.62. The number of phenols is 1. The number of esters is 1. The van der Waals surface area contributed by atoms with Crippen molar-refractivity contribution in [3.63, 3.8) is 0 Å². The fraction of sp³-hybridized carbons (Fsp3) is 0.300. The predicted octanol–water partition coefficient (Wildman–Crippen LogP) is 1.48. The second-order valence-corrected chi connectivity index (χ2v) is 3.02. The van der Waals surface area contributed by atoms with Crippen molar-refractivity contribution in [3.8, 4) is 11.5 Å². The number of rotatable bonds is 4. The maximum absolute atomic E-state index is 11.4. The molecule has 0 aliphatic carbocycles. The van der Waals surface area contributed by atoms with Gasteiger partial charge in [-0.15, -0.1) is 0 Å². The molecule has 0 heterocycles. The van der Waals surface area contributed by atoms with Gasteiger partial charge >= 0.3 is 5.97 Å². The molecule has 98 valence electrons. The van der Waals surface area contributed by atoms with Crippen LogP contribution in [0.15, 0.2) is 12.1 Å². The van der Waals surface area contributed by atoms with Crippen molar-refractivity contribution in [2.75, 3.05) is 13.7 Å². The molecule has 0 aromatic heterocycles. The molecule has 0 saturated carbocycles. The minimum atomic E-state index is -0.864. The van der Waals surface area contributed by atoms with E-state index in [1.165, 1.54) is 7.11 Å². The first-order valence-corrected chi connectivity index (χ1v) is 4.73. The van der Waals surface area contributed by atoms with Crippen molar-refractivity contribution in [1.29, 1.82) is 0 Å². The van der Waals surface area contributed by atoms with E-state index in [1.807, 2.05) is 0 Å². The Morgan fingerprint density at radius 3 is 2.56 bits per heavy atom. The Bertz CT molecular complexity index is 462. The molecule has 0 saturated heterocycles. The van der Waals surface area contributed by atoms with Crippen LogP contribution in [-0.4, -0.2) is 29.7 Å². The van der Waals surface area contributed by atoms with Crippen molar-refractivity contribution in [1.82, 2.24) is 0 Å². The molecular formula is C10H11NO6W. The van der Waals surface area contributed by atoms with Crippen molar-refractivity contribution < 1.29 is 45.4 Å². The molecule has 1 N–H and O–H groups in total. The summed E-state index contributed by atoms with van der Waals surface area (Å²) in [5, 5.41) is 20.2. The molecular weight excluding hydrogens is 414 g/mol. The molecule has 0 aliphatic heterocycles. The molecule has 18 heavy (non-hydrogen) atoms. The van der Waals surface area contributed by atoms with Gasteiger partial charge in [-0.05, 0) is 6.92 Å². The minimum Gasteiger partial charge on any atom is -0.504 e. The SMILES string of the molecule is CCOC(=O)c1cc(O)c(OC)cc1[N+](=O)[O-].[W]. The molecule has 1 aromatic rings. The van der Waals surface area contributed by atoms with Crippen LogP contribution in [-0.2, 0) is 25.8 Å². The van der Waals surface area contributed by atoms with Crippen molar-refractivity contribution in [2.24, 2.45) is 0 Å². The van der Waals surface area contributed by atoms with Crippen molar-refractivity contribution in [3.05, 3.63) is 27.8 Å². The van der Waals surface area contributed by atoms with Gasteiger partial charge in [0.05, 0.1) is 24.7 Å². The number of hydrogen-bond donors (Lipinski definition) is 1. The second-order valence-electron chi connectivity index (χ2n) is 3.02. The first-order valence-electron chi connectivity index (χ1n) is 4.73. The van der Waals surface area contributed by atoms with E-state index in [0.717, 1.165) is 12.1 Å². The second kappa shape index (κ2) is 6.96. The number of nitro benzene ring substituents is 1. The van der Waals surface area contributed by atoms with Crippen molar-refractivity contribution in [2.45, 2.75) is 6.92 Å². The average Bonchev–Trinajstić information content (AvgIpc) is 2.28. The largest absolute Gasteiger partial charge is 0.504 e. The van der Waals surface area contributed by atoms with Crippen LogP contribution in [0.5, 0.6) is 11.5 Å². The quantitative estimate of drug-likeness (QED) is 0.446. The number of carbonyl (C=O) groups is 1. The number of benzene rings is 1. The van der Waals surface area contributed by atoms with Gasteiger partial charge in [-0.3, -0.25) is 10.1 Å². The van der Waals surface area contributed by atoms with Gasteiger partial charge < -0.3 is 14.6 Å². The maximum Gasteiger partial charge on any atom is 0.345 e. The van der Waals surface area contributed by atoms with Crippen LogP contribution in [0.2, 0.25) is 0 Å². The summed E-state index contributed by atoms with van der Waals surface area (Å²) in [6.07, 6.45) is 0. The molecule has 0 amide bonds. The molecule has 0 unspecified atom stereocenters. The van der Waals surface area contributed by atoms with E-state index in [4.69, 9.17) is 4.74 Å².